The second-order valence-electron chi connectivity index (χ2n) is 5.27. The van der Waals surface area contributed by atoms with Crippen molar-refractivity contribution in [1.29, 1.82) is 0 Å². The molecule has 0 radical (unpaired) electrons. The summed E-state index contributed by atoms with van der Waals surface area (Å²) in [6.45, 7) is 11.0. The maximum Gasteiger partial charge on any atom is 0.339 e. The lowest BCUT2D eigenvalue weighted by atomic mass is 10.1. The van der Waals surface area contributed by atoms with E-state index in [0.29, 0.717) is 11.7 Å². The molecular weight excluding hydrogens is 228 g/mol. The molecule has 0 aliphatic heterocycles. The molecule has 0 saturated heterocycles. The molecule has 0 aromatic carbocycles. The van der Waals surface area contributed by atoms with E-state index in [1.807, 2.05) is 6.92 Å². The number of nitrogens with zero attached hydrogens (tertiary/aromatic N) is 2. The molecular formula is C14H22N2O2. The summed E-state index contributed by atoms with van der Waals surface area (Å²) in [5.41, 5.74) is 1.11. The van der Waals surface area contributed by atoms with Gasteiger partial charge in [-0.25, -0.2) is 9.78 Å². The second kappa shape index (κ2) is 5.85. The highest BCUT2D eigenvalue weighted by Crippen LogP contribution is 2.22. The smallest absolute Gasteiger partial charge is 0.339 e. The highest BCUT2D eigenvalue weighted by molar-refractivity contribution is 5.93. The maximum absolute atomic E-state index is 11.3. The zero-order chi connectivity index (χ0) is 13.9. The molecule has 0 saturated carbocycles. The minimum atomic E-state index is -0.924. The number of hydrogen-bond acceptors (Lipinski definition) is 3. The maximum atomic E-state index is 11.3. The van der Waals surface area contributed by atoms with Gasteiger partial charge >= 0.3 is 5.97 Å². The standard InChI is InChI=1S/C14H22N2O2/c1-9(2)8-16(10(3)4)13-12(14(17)18)7-6-11(5)15-13/h6-7,9-10H,8H2,1-5H3,(H,17,18). The molecule has 1 aromatic heterocycles. The third-order valence-corrected chi connectivity index (χ3v) is 2.70. The van der Waals surface area contributed by atoms with Gasteiger partial charge in [0.2, 0.25) is 0 Å². The highest BCUT2D eigenvalue weighted by atomic mass is 16.4. The number of pyridine rings is 1. The van der Waals surface area contributed by atoms with E-state index in [9.17, 15) is 9.90 Å². The molecule has 0 aliphatic rings. The Morgan fingerprint density at radius 3 is 2.39 bits per heavy atom. The number of carbonyl (C=O) groups is 1. The van der Waals surface area contributed by atoms with Gasteiger partial charge < -0.3 is 10.0 Å². The fraction of sp³-hybridized carbons (Fsp3) is 0.571. The zero-order valence-corrected chi connectivity index (χ0v) is 11.8. The van der Waals surface area contributed by atoms with Crippen LogP contribution in [0.25, 0.3) is 0 Å². The molecule has 100 valence electrons. The number of aryl methyl sites for hydroxylation is 1. The average molecular weight is 250 g/mol. The van der Waals surface area contributed by atoms with E-state index in [1.54, 1.807) is 12.1 Å². The number of rotatable bonds is 5. The van der Waals surface area contributed by atoms with Crippen molar-refractivity contribution in [3.63, 3.8) is 0 Å². The van der Waals surface area contributed by atoms with Gasteiger partial charge in [-0.1, -0.05) is 13.8 Å². The minimum Gasteiger partial charge on any atom is -0.478 e. The zero-order valence-electron chi connectivity index (χ0n) is 11.8. The number of carboxylic acids is 1. The van der Waals surface area contributed by atoms with Crippen molar-refractivity contribution >= 4 is 11.8 Å². The van der Waals surface area contributed by atoms with Crippen LogP contribution in [-0.2, 0) is 0 Å². The number of hydrogen-bond donors (Lipinski definition) is 1. The van der Waals surface area contributed by atoms with Crippen molar-refractivity contribution in [2.45, 2.75) is 40.7 Å². The van der Waals surface area contributed by atoms with E-state index in [1.165, 1.54) is 0 Å². The summed E-state index contributed by atoms with van der Waals surface area (Å²) in [7, 11) is 0. The number of aromatic nitrogens is 1. The topological polar surface area (TPSA) is 53.4 Å². The number of carboxylic acid groups (broad SMARTS) is 1. The molecule has 0 atom stereocenters. The molecule has 0 bridgehead atoms. The summed E-state index contributed by atoms with van der Waals surface area (Å²) in [6.07, 6.45) is 0. The molecule has 18 heavy (non-hydrogen) atoms. The van der Waals surface area contributed by atoms with E-state index in [4.69, 9.17) is 0 Å². The van der Waals surface area contributed by atoms with Crippen LogP contribution in [-0.4, -0.2) is 28.6 Å². The molecule has 1 rings (SSSR count). The van der Waals surface area contributed by atoms with Crippen molar-refractivity contribution in [3.8, 4) is 0 Å². The fourth-order valence-electron chi connectivity index (χ4n) is 1.86. The first-order valence-electron chi connectivity index (χ1n) is 6.30. The van der Waals surface area contributed by atoms with Gasteiger partial charge in [-0.2, -0.15) is 0 Å². The van der Waals surface area contributed by atoms with Crippen LogP contribution in [0.2, 0.25) is 0 Å². The SMILES string of the molecule is Cc1ccc(C(=O)O)c(N(CC(C)C)C(C)C)n1. The summed E-state index contributed by atoms with van der Waals surface area (Å²) in [4.78, 5) is 17.8. The van der Waals surface area contributed by atoms with Gasteiger partial charge in [0.25, 0.3) is 0 Å². The van der Waals surface area contributed by atoms with Crippen LogP contribution >= 0.6 is 0 Å². The summed E-state index contributed by atoms with van der Waals surface area (Å²) >= 11 is 0. The summed E-state index contributed by atoms with van der Waals surface area (Å²) < 4.78 is 0. The average Bonchev–Trinajstić information content (AvgIpc) is 2.24. The van der Waals surface area contributed by atoms with Crippen molar-refractivity contribution in [3.05, 3.63) is 23.4 Å². The van der Waals surface area contributed by atoms with Gasteiger partial charge in [-0.05, 0) is 38.8 Å². The summed E-state index contributed by atoms with van der Waals surface area (Å²) in [5.74, 6) is 0.106. The molecule has 1 heterocycles. The van der Waals surface area contributed by atoms with Gasteiger partial charge in [0, 0.05) is 18.3 Å². The Morgan fingerprint density at radius 2 is 1.94 bits per heavy atom. The van der Waals surface area contributed by atoms with Crippen LogP contribution in [0, 0.1) is 12.8 Å². The molecule has 1 N–H and O–H groups in total. The molecule has 0 unspecified atom stereocenters. The van der Waals surface area contributed by atoms with E-state index in [-0.39, 0.29) is 11.6 Å². The lowest BCUT2D eigenvalue weighted by Crippen LogP contribution is -2.36. The first-order chi connectivity index (χ1) is 8.32. The minimum absolute atomic E-state index is 0.222. The van der Waals surface area contributed by atoms with Crippen LogP contribution in [0.3, 0.4) is 0 Å². The Labute approximate surface area is 109 Å². The van der Waals surface area contributed by atoms with Crippen LogP contribution in [0.5, 0.6) is 0 Å². The number of aromatic carboxylic acids is 1. The van der Waals surface area contributed by atoms with E-state index in [2.05, 4.69) is 37.6 Å². The third kappa shape index (κ3) is 3.45. The lowest BCUT2D eigenvalue weighted by Gasteiger charge is -2.30. The molecule has 0 aliphatic carbocycles. The summed E-state index contributed by atoms with van der Waals surface area (Å²) in [5, 5.41) is 9.25. The van der Waals surface area contributed by atoms with Crippen molar-refractivity contribution in [1.82, 2.24) is 4.98 Å². The predicted molar refractivity (Wildman–Crippen MR) is 73.3 cm³/mol. The summed E-state index contributed by atoms with van der Waals surface area (Å²) in [6, 6.07) is 3.59. The van der Waals surface area contributed by atoms with Gasteiger partial charge in [-0.15, -0.1) is 0 Å². The highest BCUT2D eigenvalue weighted by Gasteiger charge is 2.20. The van der Waals surface area contributed by atoms with Crippen LogP contribution in [0.4, 0.5) is 5.82 Å². The van der Waals surface area contributed by atoms with Crippen LogP contribution in [0.1, 0.15) is 43.7 Å². The third-order valence-electron chi connectivity index (χ3n) is 2.70. The Bertz CT molecular complexity index is 428. The molecule has 1 aromatic rings. The lowest BCUT2D eigenvalue weighted by molar-refractivity contribution is 0.0697. The monoisotopic (exact) mass is 250 g/mol. The molecule has 0 spiro atoms. The van der Waals surface area contributed by atoms with Gasteiger partial charge in [0.15, 0.2) is 0 Å². The Balaban J connectivity index is 3.25. The first kappa shape index (κ1) is 14.5. The Kier molecular flexibility index (Phi) is 4.70. The van der Waals surface area contributed by atoms with Gasteiger partial charge in [0.05, 0.1) is 0 Å². The van der Waals surface area contributed by atoms with Crippen molar-refractivity contribution < 1.29 is 9.90 Å². The Hall–Kier alpha value is -1.58. The van der Waals surface area contributed by atoms with Crippen molar-refractivity contribution in [2.75, 3.05) is 11.4 Å². The predicted octanol–water partition coefficient (Wildman–Crippen LogP) is 2.96. The largest absolute Gasteiger partial charge is 0.478 e. The molecule has 0 fully saturated rings. The normalized spacial score (nSPS) is 11.1. The van der Waals surface area contributed by atoms with Gasteiger partial charge in [-0.3, -0.25) is 0 Å². The van der Waals surface area contributed by atoms with E-state index < -0.39 is 5.97 Å². The molecule has 4 nitrogen and oxygen atoms in total. The van der Waals surface area contributed by atoms with Crippen LogP contribution in [0.15, 0.2) is 12.1 Å². The fourth-order valence-corrected chi connectivity index (χ4v) is 1.86. The molecule has 4 heteroatoms. The van der Waals surface area contributed by atoms with Crippen molar-refractivity contribution in [2.24, 2.45) is 5.92 Å². The first-order valence-corrected chi connectivity index (χ1v) is 6.30. The Morgan fingerprint density at radius 1 is 1.33 bits per heavy atom. The second-order valence-corrected chi connectivity index (χ2v) is 5.27. The number of anilines is 1. The van der Waals surface area contributed by atoms with Crippen LogP contribution < -0.4 is 4.90 Å². The van der Waals surface area contributed by atoms with Gasteiger partial charge in [0.1, 0.15) is 11.4 Å². The van der Waals surface area contributed by atoms with E-state index >= 15 is 0 Å². The van der Waals surface area contributed by atoms with E-state index in [0.717, 1.165) is 12.2 Å². The quantitative estimate of drug-likeness (QED) is 0.873. The molecule has 0 amide bonds.